The number of nitrogens with one attached hydrogen (secondary N) is 1. The van der Waals surface area contributed by atoms with E-state index in [9.17, 15) is 0 Å². The van der Waals surface area contributed by atoms with Crippen molar-refractivity contribution in [3.63, 3.8) is 0 Å². The summed E-state index contributed by atoms with van der Waals surface area (Å²) in [6, 6.07) is 0.858. The van der Waals surface area contributed by atoms with Crippen LogP contribution in [0.3, 0.4) is 0 Å². The van der Waals surface area contributed by atoms with E-state index in [0.29, 0.717) is 0 Å². The highest BCUT2D eigenvalue weighted by Gasteiger charge is 2.19. The van der Waals surface area contributed by atoms with Crippen LogP contribution >= 0.6 is 15.9 Å². The number of hydrogen-bond donors (Lipinski definition) is 1. The molecule has 0 unspecified atom stereocenters. The van der Waals surface area contributed by atoms with E-state index in [0.717, 1.165) is 22.8 Å². The molecule has 3 nitrogen and oxygen atoms in total. The molecule has 102 valence electrons. The molecule has 0 radical (unpaired) electrons. The number of aryl methyl sites for hydroxylation is 2. The summed E-state index contributed by atoms with van der Waals surface area (Å²) in [5.74, 6) is 0. The molecule has 0 bridgehead atoms. The van der Waals surface area contributed by atoms with E-state index in [2.05, 4.69) is 44.9 Å². The third-order valence-corrected chi connectivity index (χ3v) is 4.75. The van der Waals surface area contributed by atoms with Gasteiger partial charge in [0, 0.05) is 18.3 Å². The van der Waals surface area contributed by atoms with Crippen molar-refractivity contribution in [2.75, 3.05) is 6.54 Å². The first-order valence-electron chi connectivity index (χ1n) is 7.11. The van der Waals surface area contributed by atoms with E-state index in [4.69, 9.17) is 0 Å². The Hall–Kier alpha value is -0.350. The smallest absolute Gasteiger partial charge is 0.0738 e. The monoisotopic (exact) mass is 313 g/mol. The van der Waals surface area contributed by atoms with Gasteiger partial charge < -0.3 is 5.32 Å². The Labute approximate surface area is 118 Å². The fourth-order valence-corrected chi connectivity index (χ4v) is 2.51. The van der Waals surface area contributed by atoms with Crippen molar-refractivity contribution >= 4 is 15.9 Å². The number of rotatable bonds is 8. The van der Waals surface area contributed by atoms with E-state index in [1.165, 1.54) is 50.8 Å². The summed E-state index contributed by atoms with van der Waals surface area (Å²) in [6.45, 7) is 6.44. The predicted molar refractivity (Wildman–Crippen MR) is 78.9 cm³/mol. The minimum atomic E-state index is 0.858. The predicted octanol–water partition coefficient (Wildman–Crippen LogP) is 3.57. The highest BCUT2D eigenvalue weighted by atomic mass is 79.9. The second-order valence-corrected chi connectivity index (χ2v) is 6.14. The molecule has 0 spiro atoms. The maximum atomic E-state index is 4.53. The van der Waals surface area contributed by atoms with Gasteiger partial charge in [-0.2, -0.15) is 5.10 Å². The fraction of sp³-hybridized carbons (Fsp3) is 0.786. The summed E-state index contributed by atoms with van der Waals surface area (Å²) in [5.41, 5.74) is 2.35. The minimum absolute atomic E-state index is 0.858. The maximum absolute atomic E-state index is 4.53. The number of nitrogens with zero attached hydrogens (tertiary/aromatic N) is 2. The average Bonchev–Trinajstić information content (AvgIpc) is 3.14. The molecule has 18 heavy (non-hydrogen) atoms. The van der Waals surface area contributed by atoms with Gasteiger partial charge in [0.15, 0.2) is 0 Å². The van der Waals surface area contributed by atoms with E-state index in [1.807, 2.05) is 0 Å². The van der Waals surface area contributed by atoms with Gasteiger partial charge in [-0.3, -0.25) is 4.68 Å². The molecular weight excluding hydrogens is 290 g/mol. The van der Waals surface area contributed by atoms with Crippen molar-refractivity contribution in [3.05, 3.63) is 15.9 Å². The Morgan fingerprint density at radius 2 is 1.94 bits per heavy atom. The molecule has 1 heterocycles. The molecule has 1 saturated carbocycles. The fourth-order valence-electron chi connectivity index (χ4n) is 2.23. The Morgan fingerprint density at radius 3 is 2.56 bits per heavy atom. The molecule has 1 aliphatic carbocycles. The number of aromatic nitrogens is 2. The topological polar surface area (TPSA) is 29.9 Å². The van der Waals surface area contributed by atoms with E-state index in [1.54, 1.807) is 0 Å². The molecule has 1 aromatic heterocycles. The van der Waals surface area contributed by atoms with Gasteiger partial charge >= 0.3 is 0 Å². The highest BCUT2D eigenvalue weighted by molar-refractivity contribution is 9.10. The minimum Gasteiger partial charge on any atom is -0.314 e. The van der Waals surface area contributed by atoms with E-state index < -0.39 is 0 Å². The van der Waals surface area contributed by atoms with Crippen LogP contribution in [0.1, 0.15) is 49.9 Å². The van der Waals surface area contributed by atoms with E-state index in [-0.39, 0.29) is 0 Å². The first-order chi connectivity index (χ1) is 8.68. The van der Waals surface area contributed by atoms with Crippen molar-refractivity contribution in [2.45, 2.75) is 65.0 Å². The summed E-state index contributed by atoms with van der Waals surface area (Å²) >= 11 is 3.57. The van der Waals surface area contributed by atoms with Crippen molar-refractivity contribution in [2.24, 2.45) is 0 Å². The first-order valence-corrected chi connectivity index (χ1v) is 7.90. The molecule has 0 atom stereocenters. The van der Waals surface area contributed by atoms with Crippen molar-refractivity contribution in [3.8, 4) is 0 Å². The van der Waals surface area contributed by atoms with Gasteiger partial charge in [0.05, 0.1) is 10.2 Å². The van der Waals surface area contributed by atoms with Gasteiger partial charge in [-0.1, -0.05) is 12.8 Å². The van der Waals surface area contributed by atoms with Gasteiger partial charge in [0.25, 0.3) is 0 Å². The van der Waals surface area contributed by atoms with Crippen LogP contribution in [0, 0.1) is 13.8 Å². The van der Waals surface area contributed by atoms with Crippen LogP contribution in [0.15, 0.2) is 4.47 Å². The van der Waals surface area contributed by atoms with E-state index >= 15 is 0 Å². The van der Waals surface area contributed by atoms with Crippen LogP contribution in [-0.2, 0) is 6.54 Å². The molecule has 0 amide bonds. The Balaban J connectivity index is 1.55. The summed E-state index contributed by atoms with van der Waals surface area (Å²) in [6.07, 6.45) is 7.98. The Morgan fingerprint density at radius 1 is 1.22 bits per heavy atom. The molecule has 1 aromatic rings. The molecule has 0 saturated heterocycles. The second-order valence-electron chi connectivity index (χ2n) is 5.35. The molecule has 1 N–H and O–H groups in total. The zero-order valence-corrected chi connectivity index (χ0v) is 13.1. The maximum Gasteiger partial charge on any atom is 0.0738 e. The molecule has 4 heteroatoms. The third kappa shape index (κ3) is 4.09. The molecular formula is C14H24BrN3. The SMILES string of the molecule is Cc1nn(CCCCCCNC2CC2)c(C)c1Br. The lowest BCUT2D eigenvalue weighted by Gasteiger charge is -2.05. The highest BCUT2D eigenvalue weighted by Crippen LogP contribution is 2.20. The normalized spacial score (nSPS) is 15.3. The van der Waals surface area contributed by atoms with Crippen LogP contribution in [0.2, 0.25) is 0 Å². The first kappa shape index (κ1) is 14.1. The molecule has 0 aromatic carbocycles. The summed E-state index contributed by atoms with van der Waals surface area (Å²) in [7, 11) is 0. The summed E-state index contributed by atoms with van der Waals surface area (Å²) in [4.78, 5) is 0. The molecule has 0 aliphatic heterocycles. The number of hydrogen-bond acceptors (Lipinski definition) is 2. The van der Waals surface area contributed by atoms with Crippen molar-refractivity contribution < 1.29 is 0 Å². The Bertz CT molecular complexity index is 383. The van der Waals surface area contributed by atoms with Gasteiger partial charge in [-0.15, -0.1) is 0 Å². The quantitative estimate of drug-likeness (QED) is 0.743. The molecule has 1 aliphatic rings. The van der Waals surface area contributed by atoms with Crippen LogP contribution < -0.4 is 5.32 Å². The Kier molecular flexibility index (Phi) is 5.25. The van der Waals surface area contributed by atoms with Crippen LogP contribution in [0.25, 0.3) is 0 Å². The lowest BCUT2D eigenvalue weighted by molar-refractivity contribution is 0.515. The van der Waals surface area contributed by atoms with Crippen LogP contribution in [0.5, 0.6) is 0 Å². The zero-order chi connectivity index (χ0) is 13.0. The van der Waals surface area contributed by atoms with Crippen LogP contribution in [0.4, 0.5) is 0 Å². The average molecular weight is 314 g/mol. The largest absolute Gasteiger partial charge is 0.314 e. The van der Waals surface area contributed by atoms with Gasteiger partial charge in [0.1, 0.15) is 0 Å². The standard InChI is InChI=1S/C14H24BrN3/c1-11-14(15)12(2)18(17-11)10-6-4-3-5-9-16-13-7-8-13/h13,16H,3-10H2,1-2H3. The lowest BCUT2D eigenvalue weighted by Crippen LogP contribution is -2.17. The lowest BCUT2D eigenvalue weighted by atomic mass is 10.2. The molecule has 1 fully saturated rings. The molecule has 2 rings (SSSR count). The summed E-state index contributed by atoms with van der Waals surface area (Å²) in [5, 5.41) is 8.09. The third-order valence-electron chi connectivity index (χ3n) is 3.60. The van der Waals surface area contributed by atoms with Crippen LogP contribution in [-0.4, -0.2) is 22.4 Å². The number of unbranched alkanes of at least 4 members (excludes halogenated alkanes) is 3. The zero-order valence-electron chi connectivity index (χ0n) is 11.5. The second kappa shape index (κ2) is 6.71. The number of halogens is 1. The van der Waals surface area contributed by atoms with Crippen molar-refractivity contribution in [1.29, 1.82) is 0 Å². The van der Waals surface area contributed by atoms with Gasteiger partial charge in [-0.05, 0) is 62.0 Å². The van der Waals surface area contributed by atoms with Crippen molar-refractivity contribution in [1.82, 2.24) is 15.1 Å². The summed E-state index contributed by atoms with van der Waals surface area (Å²) < 4.78 is 3.29. The van der Waals surface area contributed by atoms with Gasteiger partial charge in [0.2, 0.25) is 0 Å². The van der Waals surface area contributed by atoms with Gasteiger partial charge in [-0.25, -0.2) is 0 Å².